The molecule has 38 heavy (non-hydrogen) atoms. The second kappa shape index (κ2) is 10.7. The predicted molar refractivity (Wildman–Crippen MR) is 136 cm³/mol. The first-order valence-electron chi connectivity index (χ1n) is 11.9. The van der Waals surface area contributed by atoms with Crippen LogP contribution < -0.4 is 10.1 Å². The van der Waals surface area contributed by atoms with E-state index in [4.69, 9.17) is 9.47 Å². The molecule has 4 aromatic rings. The molecule has 0 radical (unpaired) electrons. The zero-order valence-corrected chi connectivity index (χ0v) is 20.1. The van der Waals surface area contributed by atoms with Crippen molar-refractivity contribution in [2.24, 2.45) is 0 Å². The number of fused-ring (bicyclic) bond motifs is 3. The number of nitrogens with one attached hydrogen (secondary N) is 1. The largest absolute Gasteiger partial charge is 0.480 e. The van der Waals surface area contributed by atoms with Crippen LogP contribution in [0.5, 0.6) is 11.5 Å². The number of carbonyl (C=O) groups excluding carboxylic acids is 1. The highest BCUT2D eigenvalue weighted by molar-refractivity contribution is 5.81. The van der Waals surface area contributed by atoms with E-state index in [2.05, 4.69) is 5.32 Å². The maximum atomic E-state index is 14.0. The van der Waals surface area contributed by atoms with Crippen LogP contribution in [-0.2, 0) is 16.0 Å². The normalized spacial score (nSPS) is 12.8. The Labute approximate surface area is 217 Å². The van der Waals surface area contributed by atoms with Crippen molar-refractivity contribution in [1.29, 1.82) is 0 Å². The second-order valence-electron chi connectivity index (χ2n) is 8.87. The molecule has 192 valence electrons. The minimum Gasteiger partial charge on any atom is -0.480 e. The summed E-state index contributed by atoms with van der Waals surface area (Å²) in [6.45, 7) is 0.0189. The molecule has 4 aromatic carbocycles. The second-order valence-corrected chi connectivity index (χ2v) is 8.87. The van der Waals surface area contributed by atoms with Crippen molar-refractivity contribution in [3.8, 4) is 22.6 Å². The number of aliphatic carboxylic acids is 1. The number of carboxylic acids is 1. The van der Waals surface area contributed by atoms with Crippen LogP contribution in [0.1, 0.15) is 22.6 Å². The Hall–Kier alpha value is -4.72. The zero-order chi connectivity index (χ0) is 26.6. The molecule has 1 amide bonds. The summed E-state index contributed by atoms with van der Waals surface area (Å²) < 4.78 is 38.4. The van der Waals surface area contributed by atoms with E-state index in [-0.39, 0.29) is 36.0 Å². The van der Waals surface area contributed by atoms with Gasteiger partial charge in [0.15, 0.2) is 0 Å². The molecular formula is C30H23F2NO5. The van der Waals surface area contributed by atoms with E-state index < -0.39 is 29.7 Å². The van der Waals surface area contributed by atoms with E-state index >= 15 is 0 Å². The summed E-state index contributed by atoms with van der Waals surface area (Å²) in [7, 11) is 0. The van der Waals surface area contributed by atoms with Gasteiger partial charge in [0.1, 0.15) is 35.8 Å². The van der Waals surface area contributed by atoms with Gasteiger partial charge in [-0.1, -0.05) is 48.5 Å². The van der Waals surface area contributed by atoms with Crippen molar-refractivity contribution in [2.45, 2.75) is 18.4 Å². The van der Waals surface area contributed by atoms with Crippen LogP contribution >= 0.6 is 0 Å². The van der Waals surface area contributed by atoms with Gasteiger partial charge in [0.05, 0.1) is 0 Å². The van der Waals surface area contributed by atoms with Crippen molar-refractivity contribution in [1.82, 2.24) is 5.32 Å². The third-order valence-electron chi connectivity index (χ3n) is 6.42. The number of amides is 1. The van der Waals surface area contributed by atoms with Crippen LogP contribution in [0, 0.1) is 11.6 Å². The molecule has 5 rings (SSSR count). The third kappa shape index (κ3) is 5.34. The van der Waals surface area contributed by atoms with Crippen LogP contribution in [0.15, 0.2) is 91.0 Å². The summed E-state index contributed by atoms with van der Waals surface area (Å²) in [6.07, 6.45) is -1.18. The smallest absolute Gasteiger partial charge is 0.407 e. The number of benzene rings is 4. The molecule has 0 spiro atoms. The van der Waals surface area contributed by atoms with E-state index in [1.165, 1.54) is 30.3 Å². The lowest BCUT2D eigenvalue weighted by Gasteiger charge is -2.19. The molecule has 1 unspecified atom stereocenters. The van der Waals surface area contributed by atoms with E-state index in [1.54, 1.807) is 0 Å². The molecule has 1 aliphatic carbocycles. The molecule has 8 heteroatoms. The van der Waals surface area contributed by atoms with Gasteiger partial charge in [0.25, 0.3) is 0 Å². The van der Waals surface area contributed by atoms with Gasteiger partial charge in [-0.15, -0.1) is 0 Å². The monoisotopic (exact) mass is 515 g/mol. The Morgan fingerprint density at radius 3 is 2.08 bits per heavy atom. The van der Waals surface area contributed by atoms with Crippen molar-refractivity contribution >= 4 is 12.1 Å². The standard InChI is InChI=1S/C30H23F2NO5/c31-19-9-12-21(13-10-19)38-28-14-11-20(32)15-18(28)16-27(29(34)35)33-30(36)37-17-26-24-7-3-1-5-22(24)23-6-2-4-8-25(23)26/h1-15,26-27H,16-17H2,(H,33,36)(H,34,35). The molecular weight excluding hydrogens is 492 g/mol. The Kier molecular flexibility index (Phi) is 7.04. The maximum Gasteiger partial charge on any atom is 0.407 e. The Morgan fingerprint density at radius 2 is 1.45 bits per heavy atom. The summed E-state index contributed by atoms with van der Waals surface area (Å²) >= 11 is 0. The summed E-state index contributed by atoms with van der Waals surface area (Å²) in [5.74, 6) is -2.09. The number of ether oxygens (including phenoxy) is 2. The van der Waals surface area contributed by atoms with Gasteiger partial charge >= 0.3 is 12.1 Å². The average Bonchev–Trinajstić information content (AvgIpc) is 3.23. The molecule has 0 heterocycles. The number of halogens is 2. The van der Waals surface area contributed by atoms with Gasteiger partial charge in [-0.2, -0.15) is 0 Å². The van der Waals surface area contributed by atoms with Gasteiger partial charge in [0.2, 0.25) is 0 Å². The van der Waals surface area contributed by atoms with Gasteiger partial charge < -0.3 is 19.9 Å². The lowest BCUT2D eigenvalue weighted by atomic mass is 9.98. The zero-order valence-electron chi connectivity index (χ0n) is 20.1. The highest BCUT2D eigenvalue weighted by Gasteiger charge is 2.30. The fourth-order valence-electron chi connectivity index (χ4n) is 4.64. The van der Waals surface area contributed by atoms with Gasteiger partial charge in [-0.05, 0) is 64.7 Å². The lowest BCUT2D eigenvalue weighted by Crippen LogP contribution is -2.43. The van der Waals surface area contributed by atoms with Crippen LogP contribution in [-0.4, -0.2) is 29.8 Å². The van der Waals surface area contributed by atoms with Gasteiger partial charge in [-0.25, -0.2) is 18.4 Å². The number of hydrogen-bond donors (Lipinski definition) is 2. The van der Waals surface area contributed by atoms with Crippen LogP contribution in [0.2, 0.25) is 0 Å². The number of carboxylic acid groups (broad SMARTS) is 1. The lowest BCUT2D eigenvalue weighted by molar-refractivity contribution is -0.139. The fourth-order valence-corrected chi connectivity index (χ4v) is 4.64. The molecule has 0 aliphatic heterocycles. The third-order valence-corrected chi connectivity index (χ3v) is 6.42. The topological polar surface area (TPSA) is 84.9 Å². The van der Waals surface area contributed by atoms with Gasteiger partial charge in [-0.3, -0.25) is 0 Å². The van der Waals surface area contributed by atoms with Crippen LogP contribution in [0.3, 0.4) is 0 Å². The number of hydrogen-bond acceptors (Lipinski definition) is 4. The SMILES string of the molecule is O=C(NC(Cc1cc(F)ccc1Oc1ccc(F)cc1)C(=O)O)OCC1c2ccccc2-c2ccccc21. The number of alkyl carbamates (subject to hydrolysis) is 1. The van der Waals surface area contributed by atoms with Crippen LogP contribution in [0.25, 0.3) is 11.1 Å². The van der Waals surface area contributed by atoms with Gasteiger partial charge in [0, 0.05) is 17.9 Å². The van der Waals surface area contributed by atoms with E-state index in [0.717, 1.165) is 34.4 Å². The Bertz CT molecular complexity index is 1440. The summed E-state index contributed by atoms with van der Waals surface area (Å²) in [6, 6.07) is 23.2. The van der Waals surface area contributed by atoms with Crippen molar-refractivity contribution in [3.05, 3.63) is 119 Å². The summed E-state index contributed by atoms with van der Waals surface area (Å²) in [5.41, 5.74) is 4.40. The minimum absolute atomic E-state index is 0.0189. The highest BCUT2D eigenvalue weighted by Crippen LogP contribution is 2.44. The molecule has 0 saturated heterocycles. The predicted octanol–water partition coefficient (Wildman–Crippen LogP) is 6.29. The summed E-state index contributed by atoms with van der Waals surface area (Å²) in [4.78, 5) is 24.6. The maximum absolute atomic E-state index is 14.0. The Morgan fingerprint density at radius 1 is 0.842 bits per heavy atom. The molecule has 6 nitrogen and oxygen atoms in total. The van der Waals surface area contributed by atoms with Crippen molar-refractivity contribution < 1.29 is 33.0 Å². The average molecular weight is 516 g/mol. The van der Waals surface area contributed by atoms with E-state index in [9.17, 15) is 23.5 Å². The number of rotatable bonds is 8. The first-order chi connectivity index (χ1) is 18.4. The van der Waals surface area contributed by atoms with Crippen LogP contribution in [0.4, 0.5) is 13.6 Å². The number of carbonyl (C=O) groups is 2. The highest BCUT2D eigenvalue weighted by atomic mass is 19.1. The van der Waals surface area contributed by atoms with Crippen molar-refractivity contribution in [3.63, 3.8) is 0 Å². The van der Waals surface area contributed by atoms with E-state index in [1.807, 2.05) is 48.5 Å². The van der Waals surface area contributed by atoms with E-state index in [0.29, 0.717) is 0 Å². The molecule has 2 N–H and O–H groups in total. The molecule has 0 fully saturated rings. The van der Waals surface area contributed by atoms with Crippen molar-refractivity contribution in [2.75, 3.05) is 6.61 Å². The minimum atomic E-state index is -1.41. The molecule has 0 aromatic heterocycles. The fraction of sp³-hybridized carbons (Fsp3) is 0.133. The molecule has 0 bridgehead atoms. The Balaban J connectivity index is 1.28. The quantitative estimate of drug-likeness (QED) is 0.288. The molecule has 1 atom stereocenters. The first kappa shape index (κ1) is 25.0. The summed E-state index contributed by atoms with van der Waals surface area (Å²) in [5, 5.41) is 12.1. The first-order valence-corrected chi connectivity index (χ1v) is 11.9. The molecule has 1 aliphatic rings. The molecule has 0 saturated carbocycles.